The molecule has 0 radical (unpaired) electrons. The predicted molar refractivity (Wildman–Crippen MR) is 107 cm³/mol. The largest absolute Gasteiger partial charge is 0.433 e. The fraction of sp³-hybridized carbons (Fsp3) is 0.200. The van der Waals surface area contributed by atoms with Gasteiger partial charge in [0.25, 0.3) is 5.91 Å². The van der Waals surface area contributed by atoms with Crippen molar-refractivity contribution in [3.63, 3.8) is 0 Å². The molecule has 0 saturated heterocycles. The topological polar surface area (TPSA) is 79.8 Å². The first kappa shape index (κ1) is 21.5. The summed E-state index contributed by atoms with van der Waals surface area (Å²) in [5, 5.41) is 5.54. The van der Waals surface area contributed by atoms with E-state index in [-0.39, 0.29) is 28.9 Å². The van der Waals surface area contributed by atoms with Gasteiger partial charge in [0.1, 0.15) is 5.69 Å². The first-order valence-corrected chi connectivity index (χ1v) is 9.17. The highest BCUT2D eigenvalue weighted by molar-refractivity contribution is 6.28. The maximum atomic E-state index is 13.3. The summed E-state index contributed by atoms with van der Waals surface area (Å²) in [6, 6.07) is 6.33. The third kappa shape index (κ3) is 4.85. The van der Waals surface area contributed by atoms with Crippen molar-refractivity contribution in [2.75, 3.05) is 12.4 Å². The summed E-state index contributed by atoms with van der Waals surface area (Å²) in [5.41, 5.74) is 1.55. The lowest BCUT2D eigenvalue weighted by molar-refractivity contribution is -0.141. The van der Waals surface area contributed by atoms with Gasteiger partial charge in [-0.3, -0.25) is 9.78 Å². The van der Waals surface area contributed by atoms with Crippen LogP contribution in [0.4, 0.5) is 18.9 Å². The minimum Gasteiger partial charge on any atom is -0.380 e. The average Bonchev–Trinajstić information content (AvgIpc) is 2.71. The van der Waals surface area contributed by atoms with Crippen molar-refractivity contribution >= 4 is 23.2 Å². The first-order valence-electron chi connectivity index (χ1n) is 8.79. The van der Waals surface area contributed by atoms with E-state index < -0.39 is 11.9 Å². The number of hydrogen-bond acceptors (Lipinski definition) is 5. The van der Waals surface area contributed by atoms with E-state index in [0.717, 1.165) is 0 Å². The summed E-state index contributed by atoms with van der Waals surface area (Å²) in [5.74, 6) is -0.380. The normalized spacial score (nSPS) is 11.3. The SMILES string of the molecule is CNC(=O)c1ccc(-c2cnc(Cl)nc2)cc1NCc1cc(C)cnc1C(F)(F)F. The molecule has 6 nitrogen and oxygen atoms in total. The van der Waals surface area contributed by atoms with Crippen LogP contribution in [0.15, 0.2) is 42.9 Å². The molecule has 0 aliphatic rings. The van der Waals surface area contributed by atoms with Crippen LogP contribution in [-0.2, 0) is 12.7 Å². The van der Waals surface area contributed by atoms with E-state index in [2.05, 4.69) is 25.6 Å². The van der Waals surface area contributed by atoms with E-state index in [4.69, 9.17) is 11.6 Å². The number of nitrogens with zero attached hydrogens (tertiary/aromatic N) is 3. The molecule has 10 heteroatoms. The standard InChI is InChI=1S/C20H17ClF3N5O/c1-11-5-13(17(27-7-11)20(22,23)24)8-26-16-6-12(3-4-15(16)18(30)25-2)14-9-28-19(21)29-10-14/h3-7,9-10,26H,8H2,1-2H3,(H,25,30). The minimum absolute atomic E-state index is 0.0226. The highest BCUT2D eigenvalue weighted by Gasteiger charge is 2.35. The number of amides is 1. The lowest BCUT2D eigenvalue weighted by atomic mass is 10.0. The van der Waals surface area contributed by atoms with E-state index in [1.54, 1.807) is 25.1 Å². The molecule has 0 aliphatic heterocycles. The zero-order valence-electron chi connectivity index (χ0n) is 16.0. The van der Waals surface area contributed by atoms with Crippen molar-refractivity contribution in [1.29, 1.82) is 0 Å². The molecule has 30 heavy (non-hydrogen) atoms. The molecule has 1 aromatic carbocycles. The maximum absolute atomic E-state index is 13.3. The number of aryl methyl sites for hydroxylation is 1. The highest BCUT2D eigenvalue weighted by Crippen LogP contribution is 2.32. The molecule has 0 fully saturated rings. The van der Waals surface area contributed by atoms with Crippen LogP contribution < -0.4 is 10.6 Å². The number of aromatic nitrogens is 3. The van der Waals surface area contributed by atoms with Gasteiger partial charge in [-0.15, -0.1) is 0 Å². The molecule has 3 aromatic rings. The highest BCUT2D eigenvalue weighted by atomic mass is 35.5. The van der Waals surface area contributed by atoms with Crippen LogP contribution in [-0.4, -0.2) is 27.9 Å². The zero-order valence-corrected chi connectivity index (χ0v) is 16.8. The van der Waals surface area contributed by atoms with E-state index in [1.165, 1.54) is 31.7 Å². The van der Waals surface area contributed by atoms with Gasteiger partial charge in [0.15, 0.2) is 0 Å². The van der Waals surface area contributed by atoms with E-state index in [0.29, 0.717) is 22.4 Å². The van der Waals surface area contributed by atoms with Crippen LogP contribution in [0.2, 0.25) is 5.28 Å². The molecule has 0 saturated carbocycles. The summed E-state index contributed by atoms with van der Waals surface area (Å²) in [4.78, 5) is 23.6. The third-order valence-corrected chi connectivity index (χ3v) is 4.48. The second-order valence-electron chi connectivity index (χ2n) is 6.45. The molecule has 3 rings (SSSR count). The number of alkyl halides is 3. The number of carbonyl (C=O) groups excluding carboxylic acids is 1. The Kier molecular flexibility index (Phi) is 6.21. The quantitative estimate of drug-likeness (QED) is 0.577. The summed E-state index contributed by atoms with van der Waals surface area (Å²) < 4.78 is 39.9. The molecule has 0 spiro atoms. The number of nitrogens with one attached hydrogen (secondary N) is 2. The van der Waals surface area contributed by atoms with Crippen molar-refractivity contribution < 1.29 is 18.0 Å². The summed E-state index contributed by atoms with van der Waals surface area (Å²) in [7, 11) is 1.47. The fourth-order valence-electron chi connectivity index (χ4n) is 2.87. The van der Waals surface area contributed by atoms with Gasteiger partial charge < -0.3 is 10.6 Å². The number of benzene rings is 1. The number of anilines is 1. The van der Waals surface area contributed by atoms with Crippen molar-refractivity contribution in [2.45, 2.75) is 19.6 Å². The second kappa shape index (κ2) is 8.66. The summed E-state index contributed by atoms with van der Waals surface area (Å²) in [6.07, 6.45) is -0.388. The van der Waals surface area contributed by atoms with Crippen LogP contribution in [0, 0.1) is 6.92 Å². The van der Waals surface area contributed by atoms with Crippen molar-refractivity contribution in [3.8, 4) is 11.1 Å². The van der Waals surface area contributed by atoms with Gasteiger partial charge in [-0.2, -0.15) is 13.2 Å². The molecular formula is C20H17ClF3N5O. The van der Waals surface area contributed by atoms with Crippen LogP contribution in [0.3, 0.4) is 0 Å². The molecule has 0 bridgehead atoms. The number of rotatable bonds is 5. The van der Waals surface area contributed by atoms with E-state index in [1.807, 2.05) is 0 Å². The molecule has 2 N–H and O–H groups in total. The van der Waals surface area contributed by atoms with Crippen molar-refractivity contribution in [2.24, 2.45) is 0 Å². The number of carbonyl (C=O) groups is 1. The van der Waals surface area contributed by atoms with Gasteiger partial charge in [0.05, 0.1) is 5.56 Å². The fourth-order valence-corrected chi connectivity index (χ4v) is 2.97. The zero-order chi connectivity index (χ0) is 21.9. The molecule has 156 valence electrons. The van der Waals surface area contributed by atoms with E-state index >= 15 is 0 Å². The summed E-state index contributed by atoms with van der Waals surface area (Å²) >= 11 is 5.71. The third-order valence-electron chi connectivity index (χ3n) is 4.29. The van der Waals surface area contributed by atoms with Crippen molar-refractivity contribution in [1.82, 2.24) is 20.3 Å². The number of hydrogen-bond donors (Lipinski definition) is 2. The Morgan fingerprint density at radius 3 is 2.40 bits per heavy atom. The van der Waals surface area contributed by atoms with Gasteiger partial charge in [0.2, 0.25) is 5.28 Å². The molecule has 2 heterocycles. The van der Waals surface area contributed by atoms with Crippen molar-refractivity contribution in [3.05, 3.63) is 70.5 Å². The van der Waals surface area contributed by atoms with Gasteiger partial charge >= 0.3 is 6.18 Å². The Morgan fingerprint density at radius 2 is 1.77 bits per heavy atom. The number of halogens is 4. The molecule has 0 atom stereocenters. The Labute approximate surface area is 175 Å². The van der Waals surface area contributed by atoms with Gasteiger partial charge in [-0.05, 0) is 41.8 Å². The summed E-state index contributed by atoms with van der Waals surface area (Å²) in [6.45, 7) is 1.49. The predicted octanol–water partition coefficient (Wildman–Crippen LogP) is 4.49. The van der Waals surface area contributed by atoms with Gasteiger partial charge in [-0.1, -0.05) is 12.1 Å². The smallest absolute Gasteiger partial charge is 0.380 e. The lowest BCUT2D eigenvalue weighted by Crippen LogP contribution is -2.20. The Bertz CT molecular complexity index is 1070. The molecule has 2 aromatic heterocycles. The second-order valence-corrected chi connectivity index (χ2v) is 6.79. The Morgan fingerprint density at radius 1 is 1.07 bits per heavy atom. The van der Waals surface area contributed by atoms with E-state index in [9.17, 15) is 18.0 Å². The molecular weight excluding hydrogens is 419 g/mol. The maximum Gasteiger partial charge on any atom is 0.433 e. The Hall–Kier alpha value is -3.20. The van der Waals surface area contributed by atoms with Gasteiger partial charge in [0, 0.05) is 49.0 Å². The van der Waals surface area contributed by atoms with Crippen LogP contribution >= 0.6 is 11.6 Å². The van der Waals surface area contributed by atoms with Crippen LogP contribution in [0.1, 0.15) is 27.2 Å². The number of pyridine rings is 1. The molecule has 0 aliphatic carbocycles. The van der Waals surface area contributed by atoms with Crippen LogP contribution in [0.25, 0.3) is 11.1 Å². The van der Waals surface area contributed by atoms with Gasteiger partial charge in [-0.25, -0.2) is 9.97 Å². The molecule has 1 amide bonds. The molecule has 0 unspecified atom stereocenters. The van der Waals surface area contributed by atoms with Crippen LogP contribution in [0.5, 0.6) is 0 Å². The average molecular weight is 436 g/mol. The first-order chi connectivity index (χ1) is 14.2. The minimum atomic E-state index is -4.59. The monoisotopic (exact) mass is 435 g/mol. The Balaban J connectivity index is 1.98. The lowest BCUT2D eigenvalue weighted by Gasteiger charge is -2.16.